The largest absolute Gasteiger partial charge is 0.337 e. The molecule has 29 heavy (non-hydrogen) atoms. The predicted octanol–water partition coefficient (Wildman–Crippen LogP) is 1.84. The Morgan fingerprint density at radius 2 is 1.66 bits per heavy atom. The fourth-order valence-electron chi connectivity index (χ4n) is 3.06. The third-order valence-electron chi connectivity index (χ3n) is 4.59. The lowest BCUT2D eigenvalue weighted by atomic mass is 10.2. The smallest absolute Gasteiger partial charge is 0.257 e. The molecule has 0 spiro atoms. The Morgan fingerprint density at radius 3 is 2.34 bits per heavy atom. The molecule has 0 radical (unpaired) electrons. The third kappa shape index (κ3) is 4.11. The number of piperazine rings is 1. The topological polar surface area (TPSA) is 111 Å². The van der Waals surface area contributed by atoms with Crippen molar-refractivity contribution in [2.45, 2.75) is 0 Å². The third-order valence-corrected chi connectivity index (χ3v) is 4.59. The second-order valence-corrected chi connectivity index (χ2v) is 6.41. The lowest BCUT2D eigenvalue weighted by Gasteiger charge is -2.34. The first kappa shape index (κ1) is 18.3. The van der Waals surface area contributed by atoms with Crippen LogP contribution in [0.5, 0.6) is 0 Å². The lowest BCUT2D eigenvalue weighted by Crippen LogP contribution is -2.49. The van der Waals surface area contributed by atoms with Crippen molar-refractivity contribution >= 4 is 23.5 Å². The Balaban J connectivity index is 1.38. The van der Waals surface area contributed by atoms with E-state index in [1.54, 1.807) is 41.6 Å². The van der Waals surface area contributed by atoms with Crippen molar-refractivity contribution in [3.63, 3.8) is 0 Å². The van der Waals surface area contributed by atoms with Gasteiger partial charge in [0.15, 0.2) is 0 Å². The number of nitrogens with zero attached hydrogens (tertiary/aromatic N) is 7. The Kier molecular flexibility index (Phi) is 5.25. The molecule has 0 unspecified atom stereocenters. The summed E-state index contributed by atoms with van der Waals surface area (Å²) in [6.45, 7) is 2.49. The summed E-state index contributed by atoms with van der Waals surface area (Å²) in [5.41, 5.74) is 1.54. The first-order valence-electron chi connectivity index (χ1n) is 9.14. The quantitative estimate of drug-likeness (QED) is 0.723. The summed E-state index contributed by atoms with van der Waals surface area (Å²) < 4.78 is 0. The SMILES string of the molecule is N#Cc1ccccc1Nc1ncc(C(=O)N2CCN(c3ncccn3)CC2)cn1. The van der Waals surface area contributed by atoms with E-state index < -0.39 is 0 Å². The van der Waals surface area contributed by atoms with Crippen molar-refractivity contribution < 1.29 is 4.79 Å². The zero-order chi connectivity index (χ0) is 20.1. The molecule has 3 aromatic rings. The van der Waals surface area contributed by atoms with Gasteiger partial charge in [-0.1, -0.05) is 12.1 Å². The molecule has 0 saturated carbocycles. The highest BCUT2D eigenvalue weighted by molar-refractivity contribution is 5.93. The van der Waals surface area contributed by atoms with Gasteiger partial charge in [-0.05, 0) is 18.2 Å². The number of aromatic nitrogens is 4. The van der Waals surface area contributed by atoms with Crippen molar-refractivity contribution in [3.8, 4) is 6.07 Å². The molecule has 1 amide bonds. The van der Waals surface area contributed by atoms with E-state index in [0.29, 0.717) is 54.9 Å². The van der Waals surface area contributed by atoms with Crippen LogP contribution in [-0.4, -0.2) is 56.9 Å². The molecule has 144 valence electrons. The number of nitrogens with one attached hydrogen (secondary N) is 1. The number of anilines is 3. The van der Waals surface area contributed by atoms with Gasteiger partial charge in [0, 0.05) is 51.0 Å². The van der Waals surface area contributed by atoms with Crippen molar-refractivity contribution in [2.75, 3.05) is 36.4 Å². The first-order valence-corrected chi connectivity index (χ1v) is 9.14. The maximum atomic E-state index is 12.7. The minimum absolute atomic E-state index is 0.109. The van der Waals surface area contributed by atoms with Crippen LogP contribution in [0.25, 0.3) is 0 Å². The number of carbonyl (C=O) groups excluding carboxylic acids is 1. The number of nitriles is 1. The minimum Gasteiger partial charge on any atom is -0.337 e. The summed E-state index contributed by atoms with van der Waals surface area (Å²) in [6, 6.07) is 11.0. The van der Waals surface area contributed by atoms with Gasteiger partial charge in [-0.25, -0.2) is 19.9 Å². The Labute approximate surface area is 167 Å². The maximum Gasteiger partial charge on any atom is 0.257 e. The Bertz CT molecular complexity index is 1020. The summed E-state index contributed by atoms with van der Waals surface area (Å²) in [5, 5.41) is 12.2. The van der Waals surface area contributed by atoms with Crippen LogP contribution in [-0.2, 0) is 0 Å². The zero-order valence-electron chi connectivity index (χ0n) is 15.6. The van der Waals surface area contributed by atoms with Crippen LogP contribution < -0.4 is 10.2 Å². The van der Waals surface area contributed by atoms with E-state index >= 15 is 0 Å². The normalized spacial score (nSPS) is 13.6. The molecule has 1 aliphatic rings. The fraction of sp³-hybridized carbons (Fsp3) is 0.200. The molecular formula is C20H18N8O. The molecule has 1 aliphatic heterocycles. The summed E-state index contributed by atoms with van der Waals surface area (Å²) in [5.74, 6) is 0.897. The van der Waals surface area contributed by atoms with Crippen LogP contribution in [0, 0.1) is 11.3 Å². The van der Waals surface area contributed by atoms with Gasteiger partial charge in [-0.15, -0.1) is 0 Å². The predicted molar refractivity (Wildman–Crippen MR) is 107 cm³/mol. The molecule has 0 atom stereocenters. The molecule has 1 aromatic carbocycles. The van der Waals surface area contributed by atoms with E-state index in [0.717, 1.165) is 0 Å². The summed E-state index contributed by atoms with van der Waals surface area (Å²) in [6.07, 6.45) is 6.42. The van der Waals surface area contributed by atoms with Crippen molar-refractivity contribution in [1.82, 2.24) is 24.8 Å². The number of benzene rings is 1. The molecule has 0 bridgehead atoms. The number of carbonyl (C=O) groups is 1. The minimum atomic E-state index is -0.109. The number of para-hydroxylation sites is 1. The monoisotopic (exact) mass is 386 g/mol. The van der Waals surface area contributed by atoms with Crippen LogP contribution in [0.3, 0.4) is 0 Å². The molecule has 2 aromatic heterocycles. The molecule has 1 N–H and O–H groups in total. The van der Waals surface area contributed by atoms with Gasteiger partial charge in [-0.3, -0.25) is 4.79 Å². The maximum absolute atomic E-state index is 12.7. The fourth-order valence-corrected chi connectivity index (χ4v) is 3.06. The summed E-state index contributed by atoms with van der Waals surface area (Å²) in [7, 11) is 0. The number of hydrogen-bond acceptors (Lipinski definition) is 8. The van der Waals surface area contributed by atoms with Gasteiger partial charge in [0.1, 0.15) is 6.07 Å². The molecular weight excluding hydrogens is 368 g/mol. The second-order valence-electron chi connectivity index (χ2n) is 6.41. The molecule has 9 nitrogen and oxygen atoms in total. The Hall–Kier alpha value is -4.06. The van der Waals surface area contributed by atoms with E-state index in [4.69, 9.17) is 5.26 Å². The van der Waals surface area contributed by atoms with Crippen molar-refractivity contribution in [3.05, 3.63) is 66.2 Å². The summed E-state index contributed by atoms with van der Waals surface area (Å²) >= 11 is 0. The Morgan fingerprint density at radius 1 is 0.966 bits per heavy atom. The second kappa shape index (κ2) is 8.31. The highest BCUT2D eigenvalue weighted by atomic mass is 16.2. The van der Waals surface area contributed by atoms with E-state index in [-0.39, 0.29) is 5.91 Å². The first-order chi connectivity index (χ1) is 14.2. The van der Waals surface area contributed by atoms with Crippen LogP contribution in [0.1, 0.15) is 15.9 Å². The number of rotatable bonds is 4. The van der Waals surface area contributed by atoms with Crippen LogP contribution >= 0.6 is 0 Å². The van der Waals surface area contributed by atoms with E-state index in [2.05, 4.69) is 36.2 Å². The van der Waals surface area contributed by atoms with Crippen molar-refractivity contribution in [1.29, 1.82) is 5.26 Å². The van der Waals surface area contributed by atoms with Gasteiger partial charge in [-0.2, -0.15) is 5.26 Å². The highest BCUT2D eigenvalue weighted by Gasteiger charge is 2.23. The van der Waals surface area contributed by atoms with Gasteiger partial charge in [0.05, 0.1) is 16.8 Å². The number of amides is 1. The van der Waals surface area contributed by atoms with Gasteiger partial charge >= 0.3 is 0 Å². The van der Waals surface area contributed by atoms with Gasteiger partial charge < -0.3 is 15.1 Å². The molecule has 4 rings (SSSR count). The van der Waals surface area contributed by atoms with Gasteiger partial charge in [0.25, 0.3) is 5.91 Å². The zero-order valence-corrected chi connectivity index (χ0v) is 15.6. The lowest BCUT2D eigenvalue weighted by molar-refractivity contribution is 0.0745. The van der Waals surface area contributed by atoms with Crippen LogP contribution in [0.15, 0.2) is 55.1 Å². The standard InChI is InChI=1S/C20H18N8O/c21-12-15-4-1-2-5-17(15)26-19-24-13-16(14-25-19)18(29)27-8-10-28(11-9-27)20-22-6-3-7-23-20/h1-7,13-14H,8-11H2,(H,24,25,26). The average Bonchev–Trinajstić information content (AvgIpc) is 2.80. The van der Waals surface area contributed by atoms with Crippen LogP contribution in [0.2, 0.25) is 0 Å². The molecule has 0 aliphatic carbocycles. The molecule has 3 heterocycles. The molecule has 1 saturated heterocycles. The van der Waals surface area contributed by atoms with E-state index in [1.165, 1.54) is 12.4 Å². The van der Waals surface area contributed by atoms with Crippen molar-refractivity contribution in [2.24, 2.45) is 0 Å². The van der Waals surface area contributed by atoms with Crippen LogP contribution in [0.4, 0.5) is 17.6 Å². The van der Waals surface area contributed by atoms with E-state index in [9.17, 15) is 4.79 Å². The highest BCUT2D eigenvalue weighted by Crippen LogP contribution is 2.18. The number of hydrogen-bond donors (Lipinski definition) is 1. The molecule has 1 fully saturated rings. The molecule has 9 heteroatoms. The average molecular weight is 386 g/mol. The summed E-state index contributed by atoms with van der Waals surface area (Å²) in [4.78, 5) is 33.5. The van der Waals surface area contributed by atoms with Gasteiger partial charge in [0.2, 0.25) is 11.9 Å². The van der Waals surface area contributed by atoms with E-state index in [1.807, 2.05) is 6.07 Å².